The number of benzene rings is 3. The van der Waals surface area contributed by atoms with Gasteiger partial charge >= 0.3 is 5.97 Å². The quantitative estimate of drug-likeness (QED) is 0.384. The Labute approximate surface area is 184 Å². The summed E-state index contributed by atoms with van der Waals surface area (Å²) in [5, 5.41) is 3.01. The molecule has 31 heavy (non-hydrogen) atoms. The fraction of sp³-hybridized carbons (Fsp3) is 0.0833. The van der Waals surface area contributed by atoms with Gasteiger partial charge in [0.05, 0.1) is 5.69 Å². The predicted molar refractivity (Wildman–Crippen MR) is 117 cm³/mol. The Hall–Kier alpha value is -3.64. The molecule has 0 unspecified atom stereocenters. The summed E-state index contributed by atoms with van der Waals surface area (Å²) in [6.45, 7) is -0.109. The Morgan fingerprint density at radius 1 is 0.968 bits per heavy atom. The molecule has 158 valence electrons. The molecule has 3 aromatic rings. The van der Waals surface area contributed by atoms with E-state index in [0.717, 1.165) is 11.1 Å². The minimum absolute atomic E-state index is 0.0254. The molecule has 0 spiro atoms. The van der Waals surface area contributed by atoms with E-state index in [0.29, 0.717) is 17.4 Å². The molecule has 0 bridgehead atoms. The van der Waals surface area contributed by atoms with Crippen LogP contribution in [-0.2, 0) is 20.9 Å². The van der Waals surface area contributed by atoms with Gasteiger partial charge in [0.2, 0.25) is 0 Å². The molecule has 5 nitrogen and oxygen atoms in total. The third kappa shape index (κ3) is 7.28. The van der Waals surface area contributed by atoms with E-state index in [1.807, 2.05) is 12.1 Å². The second-order valence-electron chi connectivity index (χ2n) is 6.45. The van der Waals surface area contributed by atoms with Gasteiger partial charge < -0.3 is 14.8 Å². The minimum atomic E-state index is -0.688. The van der Waals surface area contributed by atoms with E-state index in [2.05, 4.69) is 5.32 Å². The van der Waals surface area contributed by atoms with Crippen molar-refractivity contribution in [3.63, 3.8) is 0 Å². The summed E-state index contributed by atoms with van der Waals surface area (Å²) in [5.41, 5.74) is 1.78. The summed E-state index contributed by atoms with van der Waals surface area (Å²) in [5.74, 6) is -1.21. The highest BCUT2D eigenvalue weighted by atomic mass is 35.5. The van der Waals surface area contributed by atoms with Crippen molar-refractivity contribution in [3.05, 3.63) is 101 Å². The molecule has 1 amide bonds. The topological polar surface area (TPSA) is 64.6 Å². The number of carbonyl (C=O) groups is 2. The van der Waals surface area contributed by atoms with Crippen molar-refractivity contribution in [1.82, 2.24) is 0 Å². The Balaban J connectivity index is 1.43. The van der Waals surface area contributed by atoms with Gasteiger partial charge in [-0.3, -0.25) is 4.79 Å². The molecule has 0 radical (unpaired) electrons. The highest BCUT2D eigenvalue weighted by Crippen LogP contribution is 2.16. The van der Waals surface area contributed by atoms with Gasteiger partial charge in [-0.25, -0.2) is 9.18 Å². The lowest BCUT2D eigenvalue weighted by Crippen LogP contribution is -2.20. The van der Waals surface area contributed by atoms with Crippen LogP contribution in [0.25, 0.3) is 6.08 Å². The van der Waals surface area contributed by atoms with Crippen molar-refractivity contribution in [3.8, 4) is 5.75 Å². The normalized spacial score (nSPS) is 10.6. The maximum Gasteiger partial charge on any atom is 0.331 e. The Morgan fingerprint density at radius 2 is 1.68 bits per heavy atom. The zero-order valence-corrected chi connectivity index (χ0v) is 17.1. The first kappa shape index (κ1) is 22.1. The van der Waals surface area contributed by atoms with Crippen LogP contribution in [0.15, 0.2) is 78.9 Å². The van der Waals surface area contributed by atoms with Gasteiger partial charge in [-0.05, 0) is 53.6 Å². The van der Waals surface area contributed by atoms with Crippen LogP contribution in [0, 0.1) is 5.82 Å². The van der Waals surface area contributed by atoms with E-state index in [-0.39, 0.29) is 5.69 Å². The maximum atomic E-state index is 13.5. The van der Waals surface area contributed by atoms with Crippen LogP contribution in [0.2, 0.25) is 5.02 Å². The molecule has 0 heterocycles. The Bertz CT molecular complexity index is 1070. The van der Waals surface area contributed by atoms with Gasteiger partial charge in [-0.2, -0.15) is 0 Å². The highest BCUT2D eigenvalue weighted by Gasteiger charge is 2.08. The van der Waals surface area contributed by atoms with Crippen LogP contribution < -0.4 is 10.1 Å². The number of halogens is 2. The molecule has 7 heteroatoms. The summed E-state index contributed by atoms with van der Waals surface area (Å²) in [4.78, 5) is 23.6. The fourth-order valence-electron chi connectivity index (χ4n) is 2.52. The van der Waals surface area contributed by atoms with Crippen LogP contribution in [-0.4, -0.2) is 18.5 Å². The predicted octanol–water partition coefficient (Wildman–Crippen LogP) is 5.25. The molecule has 0 saturated carbocycles. The number of nitrogens with one attached hydrogen (secondary N) is 1. The summed E-state index contributed by atoms with van der Waals surface area (Å²) in [6, 6.07) is 20.2. The van der Waals surface area contributed by atoms with E-state index in [9.17, 15) is 14.0 Å². The van der Waals surface area contributed by atoms with Crippen LogP contribution in [0.1, 0.15) is 11.1 Å². The molecule has 0 aromatic heterocycles. The van der Waals surface area contributed by atoms with Crippen molar-refractivity contribution in [2.45, 2.75) is 6.61 Å². The number of para-hydroxylation sites is 1. The lowest BCUT2D eigenvalue weighted by atomic mass is 10.2. The number of hydrogen-bond acceptors (Lipinski definition) is 4. The number of carbonyl (C=O) groups excluding carboxylic acids is 2. The van der Waals surface area contributed by atoms with Crippen LogP contribution in [0.3, 0.4) is 0 Å². The third-order valence-corrected chi connectivity index (χ3v) is 4.36. The summed E-state index contributed by atoms with van der Waals surface area (Å²) < 4.78 is 24.1. The first-order valence-electron chi connectivity index (χ1n) is 9.36. The SMILES string of the molecule is O=C(COC(=O)C=Cc1ccc(OCc2ccc(Cl)cc2)cc1)Nc1ccccc1F. The molecule has 1 N–H and O–H groups in total. The number of anilines is 1. The van der Waals surface area contributed by atoms with Gasteiger partial charge in [0, 0.05) is 11.1 Å². The first-order valence-corrected chi connectivity index (χ1v) is 9.74. The Morgan fingerprint density at radius 3 is 2.39 bits per heavy atom. The Kier molecular flexibility index (Phi) is 7.79. The molecular weight excluding hydrogens is 421 g/mol. The van der Waals surface area contributed by atoms with E-state index < -0.39 is 24.3 Å². The van der Waals surface area contributed by atoms with Crippen molar-refractivity contribution >= 4 is 35.2 Å². The number of amides is 1. The van der Waals surface area contributed by atoms with Gasteiger partial charge in [0.15, 0.2) is 6.61 Å². The summed E-state index contributed by atoms with van der Waals surface area (Å²) in [7, 11) is 0. The van der Waals surface area contributed by atoms with E-state index in [4.69, 9.17) is 21.1 Å². The second kappa shape index (κ2) is 10.9. The average Bonchev–Trinajstić information content (AvgIpc) is 2.78. The molecule has 0 saturated heterocycles. The third-order valence-electron chi connectivity index (χ3n) is 4.10. The molecule has 3 rings (SSSR count). The summed E-state index contributed by atoms with van der Waals surface area (Å²) in [6.07, 6.45) is 2.76. The molecule has 0 aliphatic heterocycles. The first-order chi connectivity index (χ1) is 15.0. The molecule has 0 fully saturated rings. The number of esters is 1. The standard InChI is InChI=1S/C24H19ClFNO4/c25-19-10-5-18(6-11-19)15-30-20-12-7-17(8-13-20)9-14-24(29)31-16-23(28)27-22-4-2-1-3-21(22)26/h1-14H,15-16H2,(H,27,28). The second-order valence-corrected chi connectivity index (χ2v) is 6.89. The maximum absolute atomic E-state index is 13.5. The smallest absolute Gasteiger partial charge is 0.331 e. The van der Waals surface area contributed by atoms with E-state index in [1.54, 1.807) is 48.5 Å². The van der Waals surface area contributed by atoms with E-state index >= 15 is 0 Å². The monoisotopic (exact) mass is 439 g/mol. The van der Waals surface area contributed by atoms with Gasteiger partial charge in [-0.15, -0.1) is 0 Å². The molecule has 0 aliphatic carbocycles. The number of ether oxygens (including phenoxy) is 2. The lowest BCUT2D eigenvalue weighted by Gasteiger charge is -2.07. The van der Waals surface area contributed by atoms with Gasteiger partial charge in [0.25, 0.3) is 5.91 Å². The minimum Gasteiger partial charge on any atom is -0.489 e. The molecule has 3 aromatic carbocycles. The summed E-state index contributed by atoms with van der Waals surface area (Å²) >= 11 is 5.86. The lowest BCUT2D eigenvalue weighted by molar-refractivity contribution is -0.142. The highest BCUT2D eigenvalue weighted by molar-refractivity contribution is 6.30. The zero-order chi connectivity index (χ0) is 22.1. The van der Waals surface area contributed by atoms with Crippen molar-refractivity contribution in [2.24, 2.45) is 0 Å². The molecule has 0 atom stereocenters. The molecular formula is C24H19ClFNO4. The van der Waals surface area contributed by atoms with Crippen molar-refractivity contribution < 1.29 is 23.5 Å². The van der Waals surface area contributed by atoms with E-state index in [1.165, 1.54) is 24.3 Å². The van der Waals surface area contributed by atoms with Crippen LogP contribution in [0.4, 0.5) is 10.1 Å². The molecule has 0 aliphatic rings. The van der Waals surface area contributed by atoms with Crippen LogP contribution >= 0.6 is 11.6 Å². The van der Waals surface area contributed by atoms with Crippen LogP contribution in [0.5, 0.6) is 5.75 Å². The zero-order valence-electron chi connectivity index (χ0n) is 16.4. The van der Waals surface area contributed by atoms with Gasteiger partial charge in [-0.1, -0.05) is 48.0 Å². The fourth-order valence-corrected chi connectivity index (χ4v) is 2.65. The number of rotatable bonds is 8. The largest absolute Gasteiger partial charge is 0.489 e. The van der Waals surface area contributed by atoms with Gasteiger partial charge in [0.1, 0.15) is 18.2 Å². The average molecular weight is 440 g/mol. The number of hydrogen-bond donors (Lipinski definition) is 1. The van der Waals surface area contributed by atoms with Crippen molar-refractivity contribution in [1.29, 1.82) is 0 Å². The van der Waals surface area contributed by atoms with Crippen molar-refractivity contribution in [2.75, 3.05) is 11.9 Å².